The highest BCUT2D eigenvalue weighted by Gasteiger charge is 2.29. The molecule has 0 fully saturated rings. The zero-order valence-electron chi connectivity index (χ0n) is 12.1. The molecule has 0 aliphatic rings. The van der Waals surface area contributed by atoms with Crippen molar-refractivity contribution in [3.8, 4) is 0 Å². The van der Waals surface area contributed by atoms with Gasteiger partial charge in [0.25, 0.3) is 5.91 Å². The minimum absolute atomic E-state index is 0.0903. The molecular formula is C14H14F3N5OS. The number of thiol groups is 1. The van der Waals surface area contributed by atoms with Gasteiger partial charge in [0, 0.05) is 6.20 Å². The Morgan fingerprint density at radius 2 is 1.83 bits per heavy atom. The lowest BCUT2D eigenvalue weighted by Gasteiger charge is -2.07. The number of amidine groups is 1. The summed E-state index contributed by atoms with van der Waals surface area (Å²) in [5.74, 6) is -0.977. The summed E-state index contributed by atoms with van der Waals surface area (Å²) in [6.07, 6.45) is -1.11. The first-order valence-electron chi connectivity index (χ1n) is 6.33. The number of halogens is 3. The number of hydrogen-bond acceptors (Lipinski definition) is 5. The number of carbonyl (C=O) groups is 1. The maximum atomic E-state index is 12.5. The molecule has 0 heterocycles. The molecule has 0 aromatic heterocycles. The number of nitrogens with two attached hydrogens (primary N) is 2. The van der Waals surface area contributed by atoms with Crippen LogP contribution in [0.3, 0.4) is 0 Å². The van der Waals surface area contributed by atoms with Gasteiger partial charge in [-0.25, -0.2) is 0 Å². The van der Waals surface area contributed by atoms with Crippen LogP contribution >= 0.6 is 12.8 Å². The summed E-state index contributed by atoms with van der Waals surface area (Å²) in [7, 11) is 0. The maximum Gasteiger partial charge on any atom is 0.416 e. The second kappa shape index (κ2) is 8.20. The normalized spacial score (nSPS) is 13.2. The molecule has 1 amide bonds. The smallest absolute Gasteiger partial charge is 0.403 e. The maximum absolute atomic E-state index is 12.5. The number of aliphatic imine (C=N–C) groups is 1. The lowest BCUT2D eigenvalue weighted by atomic mass is 10.1. The Morgan fingerprint density at radius 1 is 1.25 bits per heavy atom. The van der Waals surface area contributed by atoms with E-state index in [2.05, 4.69) is 22.5 Å². The van der Waals surface area contributed by atoms with E-state index >= 15 is 0 Å². The standard InChI is InChI=1S/C14H14F3N5OS/c15-14(16,17)9-3-1-8(2-4-9)10(19)5-6-12(20)21-13(23)11(7-18)22-24/h1-7,19,22,24H,18H2,(H2,20,21,23)/b6-5-,11-7-,19-10?. The summed E-state index contributed by atoms with van der Waals surface area (Å²) in [5.41, 5.74) is 9.92. The summed E-state index contributed by atoms with van der Waals surface area (Å²) in [6, 6.07) is 4.06. The Hall–Kier alpha value is -2.75. The predicted octanol–water partition coefficient (Wildman–Crippen LogP) is 1.75. The summed E-state index contributed by atoms with van der Waals surface area (Å²) >= 11 is 3.66. The molecule has 0 atom stereocenters. The van der Waals surface area contributed by atoms with E-state index in [9.17, 15) is 18.0 Å². The number of rotatable bonds is 5. The Labute approximate surface area is 141 Å². The van der Waals surface area contributed by atoms with E-state index in [0.29, 0.717) is 0 Å². The third-order valence-electron chi connectivity index (χ3n) is 2.69. The number of hydrogen-bond donors (Lipinski definition) is 5. The first kappa shape index (κ1) is 19.3. The van der Waals surface area contributed by atoms with Crippen molar-refractivity contribution in [2.75, 3.05) is 0 Å². The van der Waals surface area contributed by atoms with Gasteiger partial charge in [-0.2, -0.15) is 18.2 Å². The Morgan fingerprint density at radius 3 is 2.29 bits per heavy atom. The average molecular weight is 357 g/mol. The van der Waals surface area contributed by atoms with Crippen LogP contribution in [0, 0.1) is 5.41 Å². The summed E-state index contributed by atoms with van der Waals surface area (Å²) < 4.78 is 39.6. The summed E-state index contributed by atoms with van der Waals surface area (Å²) in [6.45, 7) is 0. The summed E-state index contributed by atoms with van der Waals surface area (Å²) in [4.78, 5) is 15.0. The average Bonchev–Trinajstić information content (AvgIpc) is 2.53. The second-order valence-electron chi connectivity index (χ2n) is 4.36. The van der Waals surface area contributed by atoms with Crippen molar-refractivity contribution in [2.24, 2.45) is 16.5 Å². The fourth-order valence-corrected chi connectivity index (χ4v) is 1.65. The molecule has 0 saturated heterocycles. The van der Waals surface area contributed by atoms with Gasteiger partial charge in [0.15, 0.2) is 0 Å². The fourth-order valence-electron chi connectivity index (χ4n) is 1.47. The van der Waals surface area contributed by atoms with Crippen LogP contribution < -0.4 is 16.2 Å². The minimum Gasteiger partial charge on any atom is -0.403 e. The second-order valence-corrected chi connectivity index (χ2v) is 4.58. The van der Waals surface area contributed by atoms with E-state index in [1.807, 2.05) is 0 Å². The van der Waals surface area contributed by atoms with Crippen molar-refractivity contribution in [1.82, 2.24) is 4.72 Å². The molecule has 1 aromatic rings. The number of benzene rings is 1. The largest absolute Gasteiger partial charge is 0.416 e. The molecule has 0 spiro atoms. The molecule has 0 bridgehead atoms. The van der Waals surface area contributed by atoms with Crippen molar-refractivity contribution in [3.63, 3.8) is 0 Å². The van der Waals surface area contributed by atoms with Gasteiger partial charge >= 0.3 is 6.18 Å². The molecule has 0 aliphatic carbocycles. The molecule has 6 N–H and O–H groups in total. The van der Waals surface area contributed by atoms with Gasteiger partial charge in [-0.1, -0.05) is 24.9 Å². The molecule has 0 radical (unpaired) electrons. The van der Waals surface area contributed by atoms with E-state index < -0.39 is 17.6 Å². The van der Waals surface area contributed by atoms with Gasteiger partial charge in [-0.05, 0) is 29.8 Å². The highest BCUT2D eigenvalue weighted by molar-refractivity contribution is 7.78. The number of amides is 1. The van der Waals surface area contributed by atoms with E-state index in [-0.39, 0.29) is 22.8 Å². The predicted molar refractivity (Wildman–Crippen MR) is 88.4 cm³/mol. The van der Waals surface area contributed by atoms with E-state index in [4.69, 9.17) is 16.9 Å². The van der Waals surface area contributed by atoms with E-state index in [0.717, 1.165) is 30.5 Å². The van der Waals surface area contributed by atoms with Crippen LogP contribution in [0.25, 0.3) is 0 Å². The van der Waals surface area contributed by atoms with Crippen molar-refractivity contribution in [2.45, 2.75) is 6.18 Å². The minimum atomic E-state index is -4.44. The van der Waals surface area contributed by atoms with Gasteiger partial charge in [-0.3, -0.25) is 4.79 Å². The van der Waals surface area contributed by atoms with Gasteiger partial charge < -0.3 is 21.6 Å². The Bertz CT molecular complexity index is 708. The first-order chi connectivity index (χ1) is 11.2. The van der Waals surface area contributed by atoms with Crippen LogP contribution in [0.4, 0.5) is 13.2 Å². The summed E-state index contributed by atoms with van der Waals surface area (Å²) in [5, 5.41) is 7.77. The number of carbonyl (C=O) groups excluding carboxylic acids is 1. The van der Waals surface area contributed by atoms with Crippen LogP contribution in [0.5, 0.6) is 0 Å². The van der Waals surface area contributed by atoms with Crippen LogP contribution in [0.1, 0.15) is 11.1 Å². The van der Waals surface area contributed by atoms with Gasteiger partial charge in [0.2, 0.25) is 0 Å². The molecule has 1 rings (SSSR count). The SMILES string of the molecule is N=C(/C=C\C(N)=NC(=O)/C(=C/N)NS)c1ccc(C(F)(F)F)cc1. The number of allylic oxidation sites excluding steroid dienone is 1. The van der Waals surface area contributed by atoms with Crippen LogP contribution in [-0.4, -0.2) is 17.5 Å². The molecule has 0 unspecified atom stereocenters. The van der Waals surface area contributed by atoms with Crippen LogP contribution in [0.2, 0.25) is 0 Å². The third kappa shape index (κ3) is 5.47. The van der Waals surface area contributed by atoms with Crippen molar-refractivity contribution in [3.05, 3.63) is 59.4 Å². The molecule has 0 aliphatic heterocycles. The quantitative estimate of drug-likeness (QED) is 0.239. The van der Waals surface area contributed by atoms with Crippen LogP contribution in [0.15, 0.2) is 53.3 Å². The lowest BCUT2D eigenvalue weighted by Crippen LogP contribution is -2.17. The lowest BCUT2D eigenvalue weighted by molar-refractivity contribution is -0.137. The highest BCUT2D eigenvalue weighted by Crippen LogP contribution is 2.29. The van der Waals surface area contributed by atoms with Gasteiger partial charge in [0.1, 0.15) is 11.5 Å². The third-order valence-corrected chi connectivity index (χ3v) is 2.93. The van der Waals surface area contributed by atoms with E-state index in [1.54, 1.807) is 0 Å². The van der Waals surface area contributed by atoms with E-state index in [1.165, 1.54) is 12.2 Å². The fraction of sp³-hybridized carbons (Fsp3) is 0.0714. The zero-order chi connectivity index (χ0) is 18.3. The molecule has 128 valence electrons. The topological polar surface area (TPSA) is 117 Å². The number of nitrogens with zero attached hydrogens (tertiary/aromatic N) is 1. The van der Waals surface area contributed by atoms with Crippen molar-refractivity contribution >= 4 is 30.3 Å². The number of nitrogens with one attached hydrogen (secondary N) is 2. The Balaban J connectivity index is 2.83. The van der Waals surface area contributed by atoms with Crippen LogP contribution in [-0.2, 0) is 11.0 Å². The molecule has 6 nitrogen and oxygen atoms in total. The molecule has 24 heavy (non-hydrogen) atoms. The first-order valence-corrected chi connectivity index (χ1v) is 6.78. The Kier molecular flexibility index (Phi) is 6.59. The molecular weight excluding hydrogens is 343 g/mol. The molecule has 10 heteroatoms. The highest BCUT2D eigenvalue weighted by atomic mass is 32.1. The molecule has 1 aromatic carbocycles. The van der Waals surface area contributed by atoms with Crippen molar-refractivity contribution in [1.29, 1.82) is 5.41 Å². The molecule has 0 saturated carbocycles. The van der Waals surface area contributed by atoms with Gasteiger partial charge in [0.05, 0.1) is 11.3 Å². The number of alkyl halides is 3. The zero-order valence-corrected chi connectivity index (χ0v) is 13.0. The van der Waals surface area contributed by atoms with Gasteiger partial charge in [-0.15, -0.1) is 0 Å². The monoisotopic (exact) mass is 357 g/mol. The van der Waals surface area contributed by atoms with Crippen molar-refractivity contribution < 1.29 is 18.0 Å².